The molecule has 7 heteroatoms. The Hall–Kier alpha value is -1.40. The van der Waals surface area contributed by atoms with Crippen LogP contribution < -0.4 is 5.32 Å². The van der Waals surface area contributed by atoms with Gasteiger partial charge >= 0.3 is 0 Å². The van der Waals surface area contributed by atoms with Crippen molar-refractivity contribution in [3.63, 3.8) is 0 Å². The Balaban J connectivity index is 1.57. The summed E-state index contributed by atoms with van der Waals surface area (Å²) in [6.45, 7) is 1.37. The van der Waals surface area contributed by atoms with Crippen LogP contribution in [-0.4, -0.2) is 39.4 Å². The minimum absolute atomic E-state index is 0.205. The maximum absolute atomic E-state index is 5.86. The summed E-state index contributed by atoms with van der Waals surface area (Å²) in [7, 11) is 0. The Kier molecular flexibility index (Phi) is 3.79. The molecular formula is C12H16ClN5O. The number of ether oxygens (including phenoxy) is 1. The molecule has 3 rings (SSSR count). The quantitative estimate of drug-likeness (QED) is 0.650. The molecule has 2 heterocycles. The van der Waals surface area contributed by atoms with Gasteiger partial charge in [0.15, 0.2) is 5.65 Å². The number of anilines is 1. The molecule has 2 aromatic rings. The Morgan fingerprint density at radius 3 is 3.05 bits per heavy atom. The van der Waals surface area contributed by atoms with E-state index < -0.39 is 0 Å². The number of fused-ring (bicyclic) bond motifs is 1. The van der Waals surface area contributed by atoms with Crippen LogP contribution in [0.5, 0.6) is 0 Å². The number of aromatic nitrogens is 4. The van der Waals surface area contributed by atoms with Gasteiger partial charge in [0.1, 0.15) is 5.82 Å². The molecule has 2 N–H and O–H groups in total. The van der Waals surface area contributed by atoms with E-state index in [1.54, 1.807) is 6.20 Å². The fourth-order valence-corrected chi connectivity index (χ4v) is 2.56. The molecular weight excluding hydrogens is 266 g/mol. The van der Waals surface area contributed by atoms with Gasteiger partial charge in [0.05, 0.1) is 24.3 Å². The molecule has 0 atom stereocenters. The fourth-order valence-electron chi connectivity index (χ4n) is 2.39. The number of hydrogen-bond donors (Lipinski definition) is 2. The summed E-state index contributed by atoms with van der Waals surface area (Å²) in [6, 6.07) is 0. The van der Waals surface area contributed by atoms with E-state index in [4.69, 9.17) is 16.3 Å². The van der Waals surface area contributed by atoms with E-state index in [1.165, 1.54) is 25.7 Å². The lowest BCUT2D eigenvalue weighted by Crippen LogP contribution is -2.16. The molecule has 6 nitrogen and oxygen atoms in total. The van der Waals surface area contributed by atoms with Crippen molar-refractivity contribution in [2.75, 3.05) is 18.5 Å². The van der Waals surface area contributed by atoms with Crippen molar-refractivity contribution in [3.05, 3.63) is 11.5 Å². The standard InChI is InChI=1S/C12H16ClN5O/c13-12-16-10(9-7-15-18-11(9)17-12)14-5-6-19-8-3-1-2-4-8/h7-8H,1-6H2,(H2,14,15,16,17,18). The average molecular weight is 282 g/mol. The monoisotopic (exact) mass is 281 g/mol. The topological polar surface area (TPSA) is 75.7 Å². The lowest BCUT2D eigenvalue weighted by Gasteiger charge is -2.12. The smallest absolute Gasteiger partial charge is 0.226 e. The molecule has 0 aromatic carbocycles. The van der Waals surface area contributed by atoms with E-state index >= 15 is 0 Å². The predicted molar refractivity (Wildman–Crippen MR) is 73.4 cm³/mol. The minimum Gasteiger partial charge on any atom is -0.376 e. The highest BCUT2D eigenvalue weighted by atomic mass is 35.5. The highest BCUT2D eigenvalue weighted by Crippen LogP contribution is 2.21. The fraction of sp³-hybridized carbons (Fsp3) is 0.583. The molecule has 0 spiro atoms. The number of H-pyrrole nitrogens is 1. The molecule has 0 bridgehead atoms. The number of aromatic amines is 1. The second-order valence-corrected chi connectivity index (χ2v) is 5.02. The van der Waals surface area contributed by atoms with Gasteiger partial charge in [0, 0.05) is 6.54 Å². The molecule has 0 aliphatic heterocycles. The van der Waals surface area contributed by atoms with Crippen LogP contribution in [0.1, 0.15) is 25.7 Å². The van der Waals surface area contributed by atoms with Crippen LogP contribution in [0.4, 0.5) is 5.82 Å². The van der Waals surface area contributed by atoms with Gasteiger partial charge in [0.25, 0.3) is 0 Å². The molecule has 1 fully saturated rings. The van der Waals surface area contributed by atoms with Crippen molar-refractivity contribution in [2.24, 2.45) is 0 Å². The van der Waals surface area contributed by atoms with Crippen LogP contribution >= 0.6 is 11.6 Å². The first-order valence-corrected chi connectivity index (χ1v) is 6.93. The van der Waals surface area contributed by atoms with Crippen molar-refractivity contribution in [1.29, 1.82) is 0 Å². The van der Waals surface area contributed by atoms with Crippen molar-refractivity contribution >= 4 is 28.5 Å². The molecule has 2 aromatic heterocycles. The zero-order valence-corrected chi connectivity index (χ0v) is 11.3. The van der Waals surface area contributed by atoms with E-state index in [1.807, 2.05) is 0 Å². The molecule has 0 amide bonds. The van der Waals surface area contributed by atoms with Gasteiger partial charge in [-0.25, -0.2) is 0 Å². The summed E-state index contributed by atoms with van der Waals surface area (Å²) in [4.78, 5) is 8.22. The highest BCUT2D eigenvalue weighted by molar-refractivity contribution is 6.28. The number of halogens is 1. The second kappa shape index (κ2) is 5.71. The van der Waals surface area contributed by atoms with Crippen LogP contribution in [0.15, 0.2) is 6.20 Å². The Bertz CT molecular complexity index is 552. The Morgan fingerprint density at radius 1 is 1.37 bits per heavy atom. The van der Waals surface area contributed by atoms with Gasteiger partial charge in [-0.05, 0) is 24.4 Å². The van der Waals surface area contributed by atoms with Crippen molar-refractivity contribution in [3.8, 4) is 0 Å². The first-order chi connectivity index (χ1) is 9.33. The van der Waals surface area contributed by atoms with E-state index in [-0.39, 0.29) is 5.28 Å². The third-order valence-corrected chi connectivity index (χ3v) is 3.50. The molecule has 1 saturated carbocycles. The Morgan fingerprint density at radius 2 is 2.21 bits per heavy atom. The van der Waals surface area contributed by atoms with Crippen LogP contribution in [0.3, 0.4) is 0 Å². The highest BCUT2D eigenvalue weighted by Gasteiger charge is 2.15. The van der Waals surface area contributed by atoms with Crippen molar-refractivity contribution in [1.82, 2.24) is 20.2 Å². The zero-order valence-electron chi connectivity index (χ0n) is 10.5. The molecule has 102 valence electrons. The van der Waals surface area contributed by atoms with Crippen molar-refractivity contribution in [2.45, 2.75) is 31.8 Å². The number of nitrogens with one attached hydrogen (secondary N) is 2. The predicted octanol–water partition coefficient (Wildman–Crippen LogP) is 2.38. The molecule has 19 heavy (non-hydrogen) atoms. The summed E-state index contributed by atoms with van der Waals surface area (Å²) < 4.78 is 5.79. The lowest BCUT2D eigenvalue weighted by atomic mass is 10.3. The third-order valence-electron chi connectivity index (χ3n) is 3.33. The van der Waals surface area contributed by atoms with Crippen molar-refractivity contribution < 1.29 is 4.74 Å². The largest absolute Gasteiger partial charge is 0.376 e. The third kappa shape index (κ3) is 2.96. The van der Waals surface area contributed by atoms with Gasteiger partial charge in [-0.15, -0.1) is 0 Å². The number of hydrogen-bond acceptors (Lipinski definition) is 5. The van der Waals surface area contributed by atoms with Gasteiger partial charge in [-0.1, -0.05) is 12.8 Å². The number of rotatable bonds is 5. The lowest BCUT2D eigenvalue weighted by molar-refractivity contribution is 0.0659. The van der Waals surface area contributed by atoms with Gasteiger partial charge in [-0.2, -0.15) is 15.1 Å². The van der Waals surface area contributed by atoms with Gasteiger partial charge < -0.3 is 10.1 Å². The van der Waals surface area contributed by atoms with E-state index in [2.05, 4.69) is 25.5 Å². The molecule has 0 radical (unpaired) electrons. The molecule has 0 saturated heterocycles. The molecule has 0 unspecified atom stereocenters. The maximum Gasteiger partial charge on any atom is 0.226 e. The normalized spacial score (nSPS) is 16.3. The SMILES string of the molecule is Clc1nc(NCCOC2CCCC2)c2cn[nH]c2n1. The molecule has 1 aliphatic rings. The van der Waals surface area contributed by atoms with E-state index in [0.717, 1.165) is 5.39 Å². The summed E-state index contributed by atoms with van der Waals surface area (Å²) >= 11 is 5.86. The number of nitrogens with zero attached hydrogens (tertiary/aromatic N) is 3. The summed E-state index contributed by atoms with van der Waals surface area (Å²) in [5.41, 5.74) is 0.638. The first-order valence-electron chi connectivity index (χ1n) is 6.55. The maximum atomic E-state index is 5.86. The Labute approximate surface area is 115 Å². The van der Waals surface area contributed by atoms with Crippen LogP contribution in [0.25, 0.3) is 11.0 Å². The molecule has 1 aliphatic carbocycles. The summed E-state index contributed by atoms with van der Waals surface area (Å²) in [5.74, 6) is 0.693. The van der Waals surface area contributed by atoms with Gasteiger partial charge in [-0.3, -0.25) is 5.10 Å². The van der Waals surface area contributed by atoms with Crippen LogP contribution in [0, 0.1) is 0 Å². The summed E-state index contributed by atoms with van der Waals surface area (Å²) in [6.07, 6.45) is 7.07. The van der Waals surface area contributed by atoms with E-state index in [9.17, 15) is 0 Å². The second-order valence-electron chi connectivity index (χ2n) is 4.68. The van der Waals surface area contributed by atoms with Crippen LogP contribution in [-0.2, 0) is 4.74 Å². The van der Waals surface area contributed by atoms with Crippen LogP contribution in [0.2, 0.25) is 5.28 Å². The first kappa shape index (κ1) is 12.6. The van der Waals surface area contributed by atoms with Gasteiger partial charge in [0.2, 0.25) is 5.28 Å². The summed E-state index contributed by atoms with van der Waals surface area (Å²) in [5, 5.41) is 11.0. The average Bonchev–Trinajstić information content (AvgIpc) is 3.04. The van der Waals surface area contributed by atoms with E-state index in [0.29, 0.717) is 30.7 Å². The minimum atomic E-state index is 0.205. The zero-order chi connectivity index (χ0) is 13.1.